The largest absolute Gasteiger partial charge is 0.494 e. The Balaban J connectivity index is 1.17. The lowest BCUT2D eigenvalue weighted by molar-refractivity contribution is 0.0484. The first kappa shape index (κ1) is 22.4. The number of aromatic hydroxyl groups is 1. The number of nitrogens with one attached hydrogen (secondary N) is 2. The van der Waals surface area contributed by atoms with Gasteiger partial charge < -0.3 is 9.84 Å². The Hall–Kier alpha value is -3.81. The summed E-state index contributed by atoms with van der Waals surface area (Å²) in [7, 11) is 0. The van der Waals surface area contributed by atoms with Gasteiger partial charge in [0, 0.05) is 12.6 Å². The molecule has 0 saturated heterocycles. The second kappa shape index (κ2) is 11.2. The van der Waals surface area contributed by atoms with Crippen molar-refractivity contribution in [2.45, 2.75) is 6.42 Å². The molecule has 6 nitrogen and oxygen atoms in total. The molecule has 0 radical (unpaired) electrons. The maximum Gasteiger partial charge on any atom is 0.307 e. The summed E-state index contributed by atoms with van der Waals surface area (Å²) in [6.07, 6.45) is 4.19. The molecule has 3 aromatic carbocycles. The van der Waals surface area contributed by atoms with Crippen molar-refractivity contribution in [1.29, 1.82) is 0 Å². The molecular formula is C26H24N2O4S. The summed E-state index contributed by atoms with van der Waals surface area (Å²) in [5.41, 5.74) is 7.21. The molecule has 0 spiro atoms. The lowest BCUT2D eigenvalue weighted by atomic mass is 10.0. The quantitative estimate of drug-likeness (QED) is 0.230. The van der Waals surface area contributed by atoms with Gasteiger partial charge in [-0.15, -0.1) is 0 Å². The highest BCUT2D eigenvalue weighted by Gasteiger charge is 2.07. The molecular weight excluding hydrogens is 436 g/mol. The molecule has 33 heavy (non-hydrogen) atoms. The number of aromatic nitrogens is 1. The van der Waals surface area contributed by atoms with E-state index >= 15 is 0 Å². The summed E-state index contributed by atoms with van der Waals surface area (Å²) in [6, 6.07) is 26.1. The topological polar surface area (TPSA) is 83.6 Å². The average Bonchev–Trinajstić information content (AvgIpc) is 3.16. The number of thiazole rings is 1. The molecule has 0 saturated carbocycles. The molecule has 168 valence electrons. The number of ether oxygens (including phenoxy) is 1. The van der Waals surface area contributed by atoms with E-state index in [-0.39, 0.29) is 10.8 Å². The molecule has 0 aliphatic carbocycles. The molecule has 7 heteroatoms. The Morgan fingerprint density at radius 2 is 1.73 bits per heavy atom. The van der Waals surface area contributed by atoms with Crippen molar-refractivity contribution in [3.05, 3.63) is 111 Å². The Bertz CT molecular complexity index is 1250. The first-order valence-corrected chi connectivity index (χ1v) is 11.3. The number of aromatic amines is 1. The van der Waals surface area contributed by atoms with Gasteiger partial charge in [0.1, 0.15) is 19.0 Å². The van der Waals surface area contributed by atoms with Gasteiger partial charge in [-0.2, -0.15) is 0 Å². The van der Waals surface area contributed by atoms with Crippen molar-refractivity contribution >= 4 is 17.4 Å². The van der Waals surface area contributed by atoms with Crippen molar-refractivity contribution in [3.8, 4) is 22.8 Å². The predicted octanol–water partition coefficient (Wildman–Crippen LogP) is 4.97. The minimum atomic E-state index is -0.258. The van der Waals surface area contributed by atoms with E-state index in [1.807, 2.05) is 60.7 Å². The molecule has 1 aromatic heterocycles. The van der Waals surface area contributed by atoms with E-state index in [1.165, 1.54) is 11.1 Å². The number of H-pyrrole nitrogens is 1. The number of hydrogen-bond donors (Lipinski definition) is 3. The molecule has 0 fully saturated rings. The average molecular weight is 461 g/mol. The van der Waals surface area contributed by atoms with Gasteiger partial charge in [-0.05, 0) is 46.5 Å². The first-order valence-electron chi connectivity index (χ1n) is 10.5. The van der Waals surface area contributed by atoms with Crippen LogP contribution in [0.4, 0.5) is 0 Å². The highest BCUT2D eigenvalue weighted by Crippen LogP contribution is 2.22. The predicted molar refractivity (Wildman–Crippen MR) is 131 cm³/mol. The molecule has 0 bridgehead atoms. The Morgan fingerprint density at radius 3 is 2.48 bits per heavy atom. The second-order valence-corrected chi connectivity index (χ2v) is 8.31. The standard InChI is InChI=1S/C26H24N2O4S/c29-25-24(33-26(30)28-25)18-20-9-11-23(12-10-20)31-15-16-32-27-14-13-19-5-4-8-22(17-19)21-6-2-1-3-7-21/h1-14,17,27,29H,15-16,18H2,(H,28,30). The summed E-state index contributed by atoms with van der Waals surface area (Å²) in [4.78, 5) is 19.4. The van der Waals surface area contributed by atoms with E-state index in [2.05, 4.69) is 34.7 Å². The molecule has 0 aliphatic heterocycles. The van der Waals surface area contributed by atoms with Crippen LogP contribution in [0.5, 0.6) is 11.6 Å². The zero-order valence-corrected chi connectivity index (χ0v) is 18.7. The Labute approximate surface area is 195 Å². The molecule has 0 amide bonds. The van der Waals surface area contributed by atoms with E-state index < -0.39 is 0 Å². The fourth-order valence-corrected chi connectivity index (χ4v) is 4.01. The maximum atomic E-state index is 11.3. The molecule has 4 rings (SSSR count). The van der Waals surface area contributed by atoms with Crippen LogP contribution in [-0.2, 0) is 11.3 Å². The van der Waals surface area contributed by atoms with Crippen LogP contribution < -0.4 is 15.1 Å². The van der Waals surface area contributed by atoms with Gasteiger partial charge in [-0.3, -0.25) is 20.1 Å². The molecule has 4 aromatic rings. The monoisotopic (exact) mass is 460 g/mol. The smallest absolute Gasteiger partial charge is 0.307 e. The van der Waals surface area contributed by atoms with Gasteiger partial charge >= 0.3 is 4.87 Å². The fraction of sp³-hybridized carbons (Fsp3) is 0.115. The van der Waals surface area contributed by atoms with E-state index in [4.69, 9.17) is 9.57 Å². The summed E-state index contributed by atoms with van der Waals surface area (Å²) in [5.74, 6) is 0.662. The van der Waals surface area contributed by atoms with Gasteiger partial charge in [-0.25, -0.2) is 0 Å². The third-order valence-corrected chi connectivity index (χ3v) is 5.74. The van der Waals surface area contributed by atoms with Crippen LogP contribution in [-0.4, -0.2) is 23.3 Å². The van der Waals surface area contributed by atoms with Crippen LogP contribution in [0.2, 0.25) is 0 Å². The Kier molecular flexibility index (Phi) is 7.58. The zero-order chi connectivity index (χ0) is 22.9. The highest BCUT2D eigenvalue weighted by atomic mass is 32.1. The lowest BCUT2D eigenvalue weighted by Gasteiger charge is -2.07. The number of hydroxylamine groups is 1. The highest BCUT2D eigenvalue weighted by molar-refractivity contribution is 7.09. The summed E-state index contributed by atoms with van der Waals surface area (Å²) < 4.78 is 5.68. The van der Waals surface area contributed by atoms with Gasteiger partial charge in [0.15, 0.2) is 0 Å². The third kappa shape index (κ3) is 6.58. The van der Waals surface area contributed by atoms with Gasteiger partial charge in [0.2, 0.25) is 5.88 Å². The van der Waals surface area contributed by atoms with E-state index in [9.17, 15) is 9.90 Å². The van der Waals surface area contributed by atoms with Gasteiger partial charge in [0.05, 0.1) is 4.88 Å². The van der Waals surface area contributed by atoms with Crippen LogP contribution in [0.25, 0.3) is 17.2 Å². The van der Waals surface area contributed by atoms with Crippen LogP contribution >= 0.6 is 11.3 Å². The summed E-state index contributed by atoms with van der Waals surface area (Å²) >= 11 is 1.01. The molecule has 3 N–H and O–H groups in total. The van der Waals surface area contributed by atoms with Crippen molar-refractivity contribution in [1.82, 2.24) is 10.5 Å². The van der Waals surface area contributed by atoms with Crippen LogP contribution in [0.15, 0.2) is 89.9 Å². The van der Waals surface area contributed by atoms with Crippen LogP contribution in [0.3, 0.4) is 0 Å². The number of rotatable bonds is 10. The molecule has 0 unspecified atom stereocenters. The van der Waals surface area contributed by atoms with E-state index in [0.717, 1.165) is 28.2 Å². The molecule has 0 atom stereocenters. The maximum absolute atomic E-state index is 11.3. The van der Waals surface area contributed by atoms with Crippen LogP contribution in [0, 0.1) is 0 Å². The Morgan fingerprint density at radius 1 is 0.939 bits per heavy atom. The van der Waals surface area contributed by atoms with E-state index in [0.29, 0.717) is 24.5 Å². The number of hydrogen-bond acceptors (Lipinski definition) is 6. The molecule has 1 heterocycles. The molecule has 0 aliphatic rings. The van der Waals surface area contributed by atoms with E-state index in [1.54, 1.807) is 6.20 Å². The third-order valence-electron chi connectivity index (χ3n) is 4.86. The lowest BCUT2D eigenvalue weighted by Crippen LogP contribution is -2.13. The summed E-state index contributed by atoms with van der Waals surface area (Å²) in [5, 5.41) is 9.68. The van der Waals surface area contributed by atoms with Crippen molar-refractivity contribution in [2.24, 2.45) is 0 Å². The van der Waals surface area contributed by atoms with Crippen molar-refractivity contribution < 1.29 is 14.7 Å². The van der Waals surface area contributed by atoms with Gasteiger partial charge in [-0.1, -0.05) is 72.0 Å². The minimum absolute atomic E-state index is 0.0621. The fourth-order valence-electron chi connectivity index (χ4n) is 3.25. The number of benzene rings is 3. The summed E-state index contributed by atoms with van der Waals surface area (Å²) in [6.45, 7) is 0.769. The zero-order valence-electron chi connectivity index (χ0n) is 17.9. The van der Waals surface area contributed by atoms with Crippen molar-refractivity contribution in [3.63, 3.8) is 0 Å². The second-order valence-electron chi connectivity index (χ2n) is 7.25. The normalized spacial score (nSPS) is 11.0. The SMILES string of the molecule is O=c1[nH]c(O)c(Cc2ccc(OCCONC=Cc3cccc(-c4ccccc4)c3)cc2)s1. The minimum Gasteiger partial charge on any atom is -0.494 e. The first-order chi connectivity index (χ1) is 16.2. The van der Waals surface area contributed by atoms with Crippen molar-refractivity contribution in [2.75, 3.05) is 13.2 Å². The van der Waals surface area contributed by atoms with Crippen LogP contribution in [0.1, 0.15) is 16.0 Å². The van der Waals surface area contributed by atoms with Gasteiger partial charge in [0.25, 0.3) is 0 Å².